The van der Waals surface area contributed by atoms with E-state index in [0.717, 1.165) is 12.1 Å². The number of benzene rings is 1. The summed E-state index contributed by atoms with van der Waals surface area (Å²) in [5.41, 5.74) is -0.0426. The van der Waals surface area contributed by atoms with Gasteiger partial charge in [-0.3, -0.25) is 18.7 Å². The Morgan fingerprint density at radius 3 is 2.76 bits per heavy atom. The summed E-state index contributed by atoms with van der Waals surface area (Å²) < 4.78 is 34.7. The van der Waals surface area contributed by atoms with Gasteiger partial charge in [-0.2, -0.15) is 0 Å². The standard InChI is InChI=1S/C19H17ClF2N4O3/c1-11-5-15(29-9-12-3-4-13(21)6-14(12)22)18(20)19(28)26(11)16-8-25(10-24-16)17(27)7-23-2/h3-6,8,10,23H,7,9H2,1-2H3. The third-order valence-corrected chi connectivity index (χ3v) is 4.46. The van der Waals surface area contributed by atoms with Crippen molar-refractivity contribution in [1.82, 2.24) is 19.4 Å². The number of hydrogen-bond donors (Lipinski definition) is 1. The Labute approximate surface area is 169 Å². The van der Waals surface area contributed by atoms with E-state index in [-0.39, 0.29) is 41.2 Å². The molecular weight excluding hydrogens is 406 g/mol. The number of likely N-dealkylation sites (N-methyl/N-ethyl adjacent to an activating group) is 1. The number of carbonyl (C=O) groups is 1. The summed E-state index contributed by atoms with van der Waals surface area (Å²) in [6.07, 6.45) is 2.72. The Hall–Kier alpha value is -3.04. The summed E-state index contributed by atoms with van der Waals surface area (Å²) in [4.78, 5) is 28.7. The lowest BCUT2D eigenvalue weighted by atomic mass is 10.2. The van der Waals surface area contributed by atoms with Crippen molar-refractivity contribution in [2.75, 3.05) is 13.6 Å². The highest BCUT2D eigenvalue weighted by Crippen LogP contribution is 2.24. The van der Waals surface area contributed by atoms with E-state index in [0.29, 0.717) is 5.69 Å². The van der Waals surface area contributed by atoms with Gasteiger partial charge < -0.3 is 10.1 Å². The Morgan fingerprint density at radius 1 is 1.31 bits per heavy atom. The molecule has 0 aliphatic rings. The first-order valence-corrected chi connectivity index (χ1v) is 8.90. The highest BCUT2D eigenvalue weighted by Gasteiger charge is 2.17. The van der Waals surface area contributed by atoms with Crippen LogP contribution in [0.3, 0.4) is 0 Å². The number of hydrogen-bond acceptors (Lipinski definition) is 5. The lowest BCUT2D eigenvalue weighted by molar-refractivity contribution is 0.0914. The maximum Gasteiger partial charge on any atom is 0.279 e. The molecule has 7 nitrogen and oxygen atoms in total. The number of rotatable bonds is 6. The van der Waals surface area contributed by atoms with Crippen molar-refractivity contribution in [2.45, 2.75) is 13.5 Å². The predicted octanol–water partition coefficient (Wildman–Crippen LogP) is 2.71. The number of nitrogens with one attached hydrogen (secondary N) is 1. The first-order valence-electron chi connectivity index (χ1n) is 8.53. The molecule has 0 saturated carbocycles. The van der Waals surface area contributed by atoms with E-state index < -0.39 is 17.2 Å². The first-order chi connectivity index (χ1) is 13.8. The van der Waals surface area contributed by atoms with Crippen LogP contribution in [0.15, 0.2) is 41.6 Å². The van der Waals surface area contributed by atoms with Crippen molar-refractivity contribution in [3.63, 3.8) is 0 Å². The third-order valence-electron chi connectivity index (χ3n) is 4.11. The van der Waals surface area contributed by atoms with Gasteiger partial charge in [0.25, 0.3) is 5.56 Å². The van der Waals surface area contributed by atoms with Gasteiger partial charge in [-0.05, 0) is 26.1 Å². The summed E-state index contributed by atoms with van der Waals surface area (Å²) in [7, 11) is 1.64. The highest BCUT2D eigenvalue weighted by molar-refractivity contribution is 6.31. The molecule has 152 valence electrons. The van der Waals surface area contributed by atoms with Crippen molar-refractivity contribution < 1.29 is 18.3 Å². The minimum atomic E-state index is -0.761. The molecule has 10 heteroatoms. The van der Waals surface area contributed by atoms with E-state index in [1.54, 1.807) is 14.0 Å². The molecule has 0 saturated heterocycles. The highest BCUT2D eigenvalue weighted by atomic mass is 35.5. The normalized spacial score (nSPS) is 10.9. The lowest BCUT2D eigenvalue weighted by Crippen LogP contribution is -2.24. The maximum absolute atomic E-state index is 13.8. The zero-order valence-electron chi connectivity index (χ0n) is 15.6. The largest absolute Gasteiger partial charge is 0.487 e. The molecule has 0 unspecified atom stereocenters. The van der Waals surface area contributed by atoms with Gasteiger partial charge in [-0.1, -0.05) is 11.6 Å². The molecule has 0 radical (unpaired) electrons. The number of nitrogens with zero attached hydrogens (tertiary/aromatic N) is 3. The topological polar surface area (TPSA) is 78.2 Å². The van der Waals surface area contributed by atoms with Gasteiger partial charge in [-0.25, -0.2) is 13.8 Å². The van der Waals surface area contributed by atoms with Gasteiger partial charge in [0.05, 0.1) is 12.7 Å². The van der Waals surface area contributed by atoms with Crippen molar-refractivity contribution in [3.8, 4) is 11.6 Å². The zero-order valence-corrected chi connectivity index (χ0v) is 16.3. The van der Waals surface area contributed by atoms with Crippen LogP contribution in [0.2, 0.25) is 5.02 Å². The molecule has 0 atom stereocenters. The van der Waals surface area contributed by atoms with Crippen LogP contribution < -0.4 is 15.6 Å². The summed E-state index contributed by atoms with van der Waals surface area (Å²) in [5, 5.41) is 2.51. The number of aromatic nitrogens is 3. The molecule has 0 spiro atoms. The van der Waals surface area contributed by atoms with E-state index in [4.69, 9.17) is 16.3 Å². The van der Waals surface area contributed by atoms with E-state index >= 15 is 0 Å². The average molecular weight is 423 g/mol. The van der Waals surface area contributed by atoms with E-state index in [2.05, 4.69) is 10.3 Å². The van der Waals surface area contributed by atoms with Crippen molar-refractivity contribution >= 4 is 17.5 Å². The second-order valence-corrected chi connectivity index (χ2v) is 6.57. The summed E-state index contributed by atoms with van der Waals surface area (Å²) in [6, 6.07) is 4.61. The molecule has 29 heavy (non-hydrogen) atoms. The fraction of sp³-hybridized carbons (Fsp3) is 0.211. The smallest absolute Gasteiger partial charge is 0.279 e. The first kappa shape index (κ1) is 20.7. The molecule has 0 aliphatic heterocycles. The Morgan fingerprint density at radius 2 is 2.07 bits per heavy atom. The van der Waals surface area contributed by atoms with Crippen LogP contribution in [0.1, 0.15) is 16.1 Å². The number of ether oxygens (including phenoxy) is 1. The molecule has 1 aromatic carbocycles. The number of carbonyl (C=O) groups excluding carboxylic acids is 1. The number of aryl methyl sites for hydroxylation is 1. The summed E-state index contributed by atoms with van der Waals surface area (Å²) in [6.45, 7) is 1.51. The van der Waals surface area contributed by atoms with E-state index in [1.165, 1.54) is 33.8 Å². The fourth-order valence-electron chi connectivity index (χ4n) is 2.67. The Balaban J connectivity index is 1.88. The summed E-state index contributed by atoms with van der Waals surface area (Å²) >= 11 is 6.15. The number of halogens is 3. The molecule has 0 fully saturated rings. The fourth-order valence-corrected chi connectivity index (χ4v) is 2.87. The van der Waals surface area contributed by atoms with Crippen LogP contribution in [-0.4, -0.2) is 33.6 Å². The van der Waals surface area contributed by atoms with Gasteiger partial charge in [0.2, 0.25) is 5.91 Å². The SMILES string of the molecule is CNCC(=O)n1cnc(-n2c(C)cc(OCc3ccc(F)cc3F)c(Cl)c2=O)c1. The van der Waals surface area contributed by atoms with Crippen LogP contribution >= 0.6 is 11.6 Å². The zero-order chi connectivity index (χ0) is 21.1. The molecular formula is C19H17ClF2N4O3. The van der Waals surface area contributed by atoms with Gasteiger partial charge in [0.1, 0.15) is 35.3 Å². The molecule has 2 heterocycles. The van der Waals surface area contributed by atoms with E-state index in [1.807, 2.05) is 0 Å². The molecule has 1 N–H and O–H groups in total. The van der Waals surface area contributed by atoms with E-state index in [9.17, 15) is 18.4 Å². The van der Waals surface area contributed by atoms with Crippen LogP contribution in [-0.2, 0) is 6.61 Å². The molecule has 3 aromatic rings. The minimum absolute atomic E-state index is 0.0554. The van der Waals surface area contributed by atoms with Crippen molar-refractivity contribution in [2.24, 2.45) is 0 Å². The minimum Gasteiger partial charge on any atom is -0.487 e. The molecule has 0 aliphatic carbocycles. The van der Waals surface area contributed by atoms with Crippen molar-refractivity contribution in [3.05, 3.63) is 75.1 Å². The van der Waals surface area contributed by atoms with Gasteiger partial charge in [-0.15, -0.1) is 0 Å². The monoisotopic (exact) mass is 422 g/mol. The van der Waals surface area contributed by atoms with Crippen LogP contribution in [0.4, 0.5) is 8.78 Å². The molecule has 0 amide bonds. The van der Waals surface area contributed by atoms with Gasteiger partial charge in [0.15, 0.2) is 5.82 Å². The number of imidazole rings is 1. The lowest BCUT2D eigenvalue weighted by Gasteiger charge is -2.13. The second-order valence-electron chi connectivity index (χ2n) is 6.19. The van der Waals surface area contributed by atoms with Gasteiger partial charge >= 0.3 is 0 Å². The molecule has 0 bridgehead atoms. The molecule has 2 aromatic heterocycles. The Kier molecular flexibility index (Phi) is 6.09. The quantitative estimate of drug-likeness (QED) is 0.661. The van der Waals surface area contributed by atoms with Gasteiger partial charge in [0, 0.05) is 23.4 Å². The third kappa shape index (κ3) is 4.36. The average Bonchev–Trinajstić information content (AvgIpc) is 3.15. The second kappa shape index (κ2) is 8.54. The predicted molar refractivity (Wildman–Crippen MR) is 103 cm³/mol. The van der Waals surface area contributed by atoms with Crippen LogP contribution in [0, 0.1) is 18.6 Å². The summed E-state index contributed by atoms with van der Waals surface area (Å²) in [5.74, 6) is -1.43. The molecule has 3 rings (SSSR count). The number of pyridine rings is 1. The van der Waals surface area contributed by atoms with Crippen LogP contribution in [0.25, 0.3) is 5.82 Å². The Bertz CT molecular complexity index is 1130. The van der Waals surface area contributed by atoms with Crippen LogP contribution in [0.5, 0.6) is 5.75 Å². The van der Waals surface area contributed by atoms with Crippen molar-refractivity contribution in [1.29, 1.82) is 0 Å². The maximum atomic E-state index is 13.8.